The second-order valence-electron chi connectivity index (χ2n) is 6.06. The molecule has 1 heterocycles. The molecule has 6 nitrogen and oxygen atoms in total. The molecule has 2 N–H and O–H groups in total. The Morgan fingerprint density at radius 3 is 2.48 bits per heavy atom. The molecule has 0 spiro atoms. The fourth-order valence-corrected chi connectivity index (χ4v) is 2.53. The molecule has 0 bridgehead atoms. The standard InChI is InChI=1S/C19H24N2O4/c1-14-8-10-15(11-9-14)18-17(21-13-25-18)19(24)20-12-6-4-2-3-5-7-16(22)23/h8-11,13H,2-7,12H2,1H3,(H,20,24)(H,22,23). The van der Waals surface area contributed by atoms with Gasteiger partial charge < -0.3 is 14.8 Å². The van der Waals surface area contributed by atoms with Gasteiger partial charge in [-0.25, -0.2) is 4.98 Å². The van der Waals surface area contributed by atoms with Crippen molar-refractivity contribution in [3.63, 3.8) is 0 Å². The molecule has 2 aromatic rings. The van der Waals surface area contributed by atoms with Gasteiger partial charge in [0.25, 0.3) is 5.91 Å². The number of aryl methyl sites for hydroxylation is 1. The predicted octanol–water partition coefficient (Wildman–Crippen LogP) is 3.81. The van der Waals surface area contributed by atoms with Crippen LogP contribution in [-0.4, -0.2) is 28.5 Å². The molecule has 0 radical (unpaired) electrons. The smallest absolute Gasteiger partial charge is 0.303 e. The third-order valence-corrected chi connectivity index (χ3v) is 3.95. The van der Waals surface area contributed by atoms with Crippen LogP contribution < -0.4 is 5.32 Å². The van der Waals surface area contributed by atoms with Crippen LogP contribution in [0.5, 0.6) is 0 Å². The van der Waals surface area contributed by atoms with Gasteiger partial charge >= 0.3 is 5.97 Å². The minimum atomic E-state index is -0.746. The molecular weight excluding hydrogens is 320 g/mol. The van der Waals surface area contributed by atoms with E-state index in [4.69, 9.17) is 9.52 Å². The zero-order valence-electron chi connectivity index (χ0n) is 14.5. The van der Waals surface area contributed by atoms with Gasteiger partial charge in [0.2, 0.25) is 0 Å². The number of benzene rings is 1. The number of aromatic nitrogens is 1. The third-order valence-electron chi connectivity index (χ3n) is 3.95. The van der Waals surface area contributed by atoms with Gasteiger partial charge in [-0.15, -0.1) is 0 Å². The topological polar surface area (TPSA) is 92.4 Å². The minimum Gasteiger partial charge on any atom is -0.481 e. The summed E-state index contributed by atoms with van der Waals surface area (Å²) >= 11 is 0. The Morgan fingerprint density at radius 1 is 1.08 bits per heavy atom. The molecule has 25 heavy (non-hydrogen) atoms. The number of hydrogen-bond acceptors (Lipinski definition) is 4. The van der Waals surface area contributed by atoms with E-state index in [1.165, 1.54) is 6.39 Å². The zero-order valence-corrected chi connectivity index (χ0v) is 14.5. The quantitative estimate of drug-likeness (QED) is 0.639. The minimum absolute atomic E-state index is 0.227. The number of carboxylic acids is 1. The first-order valence-corrected chi connectivity index (χ1v) is 8.58. The van der Waals surface area contributed by atoms with Crippen molar-refractivity contribution in [2.24, 2.45) is 0 Å². The number of nitrogens with zero attached hydrogens (tertiary/aromatic N) is 1. The summed E-state index contributed by atoms with van der Waals surface area (Å²) in [7, 11) is 0. The van der Waals surface area contributed by atoms with Crippen molar-refractivity contribution in [2.45, 2.75) is 45.4 Å². The second kappa shape index (κ2) is 9.61. The number of rotatable bonds is 10. The number of nitrogens with one attached hydrogen (secondary N) is 1. The van der Waals surface area contributed by atoms with Crippen molar-refractivity contribution in [1.82, 2.24) is 10.3 Å². The van der Waals surface area contributed by atoms with Crippen LogP contribution in [0.2, 0.25) is 0 Å². The Morgan fingerprint density at radius 2 is 1.76 bits per heavy atom. The van der Waals surface area contributed by atoms with E-state index in [2.05, 4.69) is 10.3 Å². The van der Waals surface area contributed by atoms with Gasteiger partial charge in [-0.1, -0.05) is 49.1 Å². The number of carbonyl (C=O) groups excluding carboxylic acids is 1. The van der Waals surface area contributed by atoms with Crippen molar-refractivity contribution >= 4 is 11.9 Å². The van der Waals surface area contributed by atoms with Crippen molar-refractivity contribution in [3.8, 4) is 11.3 Å². The lowest BCUT2D eigenvalue weighted by atomic mass is 10.1. The first kappa shape index (κ1) is 18.7. The van der Waals surface area contributed by atoms with Gasteiger partial charge in [-0.2, -0.15) is 0 Å². The van der Waals surface area contributed by atoms with Gasteiger partial charge in [-0.3, -0.25) is 9.59 Å². The molecule has 1 aromatic heterocycles. The molecule has 0 saturated heterocycles. The fraction of sp³-hybridized carbons (Fsp3) is 0.421. The van der Waals surface area contributed by atoms with E-state index in [0.29, 0.717) is 24.4 Å². The fourth-order valence-electron chi connectivity index (χ4n) is 2.53. The summed E-state index contributed by atoms with van der Waals surface area (Å²) in [6.45, 7) is 2.57. The number of hydrogen-bond donors (Lipinski definition) is 2. The maximum absolute atomic E-state index is 12.3. The maximum atomic E-state index is 12.3. The van der Waals surface area contributed by atoms with Crippen molar-refractivity contribution in [3.05, 3.63) is 41.9 Å². The van der Waals surface area contributed by atoms with Crippen LogP contribution >= 0.6 is 0 Å². The second-order valence-corrected chi connectivity index (χ2v) is 6.06. The molecular formula is C19H24N2O4. The van der Waals surface area contributed by atoms with Gasteiger partial charge in [0.15, 0.2) is 17.8 Å². The van der Waals surface area contributed by atoms with Crippen LogP contribution in [-0.2, 0) is 4.79 Å². The summed E-state index contributed by atoms with van der Waals surface area (Å²) in [6.07, 6.45) is 5.92. The summed E-state index contributed by atoms with van der Waals surface area (Å²) in [5, 5.41) is 11.4. The lowest BCUT2D eigenvalue weighted by molar-refractivity contribution is -0.137. The normalized spacial score (nSPS) is 10.6. The van der Waals surface area contributed by atoms with Gasteiger partial charge in [0.1, 0.15) is 0 Å². The first-order chi connectivity index (χ1) is 12.1. The van der Waals surface area contributed by atoms with Crippen molar-refractivity contribution < 1.29 is 19.1 Å². The highest BCUT2D eigenvalue weighted by molar-refractivity contribution is 5.97. The van der Waals surface area contributed by atoms with E-state index in [9.17, 15) is 9.59 Å². The number of carboxylic acid groups (broad SMARTS) is 1. The molecule has 6 heteroatoms. The molecule has 0 unspecified atom stereocenters. The van der Waals surface area contributed by atoms with E-state index < -0.39 is 5.97 Å². The zero-order chi connectivity index (χ0) is 18.1. The highest BCUT2D eigenvalue weighted by Crippen LogP contribution is 2.23. The number of unbranched alkanes of at least 4 members (excludes halogenated alkanes) is 4. The number of oxazole rings is 1. The lowest BCUT2D eigenvalue weighted by Gasteiger charge is -2.05. The van der Waals surface area contributed by atoms with Crippen LogP contribution in [0, 0.1) is 6.92 Å². The molecule has 0 aliphatic rings. The van der Waals surface area contributed by atoms with Crippen LogP contribution in [0.25, 0.3) is 11.3 Å². The molecule has 2 rings (SSSR count). The van der Waals surface area contributed by atoms with Crippen molar-refractivity contribution in [2.75, 3.05) is 6.54 Å². The summed E-state index contributed by atoms with van der Waals surface area (Å²) in [5.41, 5.74) is 2.26. The Labute approximate surface area is 147 Å². The summed E-state index contributed by atoms with van der Waals surface area (Å²) in [5.74, 6) is -0.509. The monoisotopic (exact) mass is 344 g/mol. The van der Waals surface area contributed by atoms with E-state index in [-0.39, 0.29) is 12.3 Å². The molecule has 1 amide bonds. The van der Waals surface area contributed by atoms with Crippen LogP contribution in [0.3, 0.4) is 0 Å². The summed E-state index contributed by atoms with van der Waals surface area (Å²) < 4.78 is 5.38. The van der Waals surface area contributed by atoms with Gasteiger partial charge in [0, 0.05) is 18.5 Å². The average molecular weight is 344 g/mol. The molecule has 1 aromatic carbocycles. The molecule has 0 aliphatic carbocycles. The van der Waals surface area contributed by atoms with E-state index in [1.807, 2.05) is 31.2 Å². The molecule has 0 aliphatic heterocycles. The van der Waals surface area contributed by atoms with E-state index in [0.717, 1.165) is 36.8 Å². The first-order valence-electron chi connectivity index (χ1n) is 8.58. The average Bonchev–Trinajstić information content (AvgIpc) is 3.07. The number of aliphatic carboxylic acids is 1. The lowest BCUT2D eigenvalue weighted by Crippen LogP contribution is -2.25. The number of carbonyl (C=O) groups is 2. The van der Waals surface area contributed by atoms with E-state index in [1.54, 1.807) is 0 Å². The Kier molecular flexibility index (Phi) is 7.19. The highest BCUT2D eigenvalue weighted by atomic mass is 16.4. The molecule has 0 atom stereocenters. The van der Waals surface area contributed by atoms with Gasteiger partial charge in [-0.05, 0) is 19.8 Å². The third kappa shape index (κ3) is 6.06. The summed E-state index contributed by atoms with van der Waals surface area (Å²) in [6, 6.07) is 7.74. The predicted molar refractivity (Wildman–Crippen MR) is 94.3 cm³/mol. The van der Waals surface area contributed by atoms with Gasteiger partial charge in [0.05, 0.1) is 0 Å². The molecule has 0 fully saturated rings. The van der Waals surface area contributed by atoms with E-state index >= 15 is 0 Å². The summed E-state index contributed by atoms with van der Waals surface area (Å²) in [4.78, 5) is 26.7. The Hall–Kier alpha value is -2.63. The maximum Gasteiger partial charge on any atom is 0.303 e. The Balaban J connectivity index is 1.74. The van der Waals surface area contributed by atoms with Crippen LogP contribution in [0.1, 0.15) is 54.6 Å². The SMILES string of the molecule is Cc1ccc(-c2ocnc2C(=O)NCCCCCCCC(=O)O)cc1. The van der Waals surface area contributed by atoms with Crippen LogP contribution in [0.15, 0.2) is 35.1 Å². The number of amides is 1. The van der Waals surface area contributed by atoms with Crippen LogP contribution in [0.4, 0.5) is 0 Å². The van der Waals surface area contributed by atoms with Crippen molar-refractivity contribution in [1.29, 1.82) is 0 Å². The molecule has 0 saturated carbocycles. The molecule has 134 valence electrons. The highest BCUT2D eigenvalue weighted by Gasteiger charge is 2.17. The Bertz CT molecular complexity index is 692. The largest absolute Gasteiger partial charge is 0.481 e.